The smallest absolute Gasteiger partial charge is 0.150 e. The van der Waals surface area contributed by atoms with Crippen molar-refractivity contribution < 1.29 is 13.2 Å². The second-order valence-corrected chi connectivity index (χ2v) is 24.1. The van der Waals surface area contributed by atoms with Gasteiger partial charge in [0.15, 0.2) is 6.29 Å². The van der Waals surface area contributed by atoms with E-state index in [1.807, 2.05) is 129 Å². The Morgan fingerprint density at radius 1 is 0.563 bits per heavy atom. The fourth-order valence-electron chi connectivity index (χ4n) is 6.57. The Morgan fingerprint density at radius 2 is 0.930 bits per heavy atom. The number of fused-ring (bicyclic) bond motifs is 3. The van der Waals surface area contributed by atoms with Gasteiger partial charge in [0.1, 0.15) is 27.9 Å². The molecule has 9 aromatic rings. The molecule has 6 aromatic heterocycles. The quantitative estimate of drug-likeness (QED) is 0.118. The van der Waals surface area contributed by atoms with E-state index in [1.165, 1.54) is 0 Å². The number of nitrogens with two attached hydrogens (primary N) is 2. The first-order valence-electron chi connectivity index (χ1n) is 21.5. The molecule has 6 heterocycles. The van der Waals surface area contributed by atoms with E-state index >= 15 is 0 Å². The molecule has 3 aromatic carbocycles. The number of hydrogen-bond donors (Lipinski definition) is 2. The van der Waals surface area contributed by atoms with Gasteiger partial charge in [-0.2, -0.15) is 4.40 Å². The molecule has 0 saturated heterocycles. The summed E-state index contributed by atoms with van der Waals surface area (Å²) in [6, 6.07) is 21.5. The fraction of sp³-hybridized carbons (Fsp3) is 0.196. The summed E-state index contributed by atoms with van der Waals surface area (Å²) in [5.41, 5.74) is 15.9. The number of aldehydes is 1. The lowest BCUT2D eigenvalue weighted by atomic mass is 9.98. The molecule has 0 spiro atoms. The largest absolute Gasteiger partial charge is 0.324 e. The lowest BCUT2D eigenvalue weighted by Crippen LogP contribution is -2.27. The van der Waals surface area contributed by atoms with Crippen LogP contribution in [-0.2, 0) is 22.0 Å². The Labute approximate surface area is 447 Å². The Hall–Kier alpha value is -4.97. The molecule has 71 heavy (non-hydrogen) atoms. The summed E-state index contributed by atoms with van der Waals surface area (Å²) < 4.78 is 31.9. The Balaban J connectivity index is 0.000000165. The van der Waals surface area contributed by atoms with Crippen molar-refractivity contribution in [2.24, 2.45) is 15.3 Å². The van der Waals surface area contributed by atoms with Crippen molar-refractivity contribution in [2.45, 2.75) is 64.0 Å². The molecule has 0 saturated carbocycles. The van der Waals surface area contributed by atoms with Gasteiger partial charge in [-0.25, -0.2) is 23.4 Å². The maximum absolute atomic E-state index is 12.3. The molecule has 0 amide bonds. The summed E-state index contributed by atoms with van der Waals surface area (Å²) in [6.07, 6.45) is 18.9. The third-order valence-corrected chi connectivity index (χ3v) is 14.6. The van der Waals surface area contributed by atoms with E-state index in [-0.39, 0.29) is 10.8 Å². The number of pyridine rings is 3. The summed E-state index contributed by atoms with van der Waals surface area (Å²) in [5.74, 6) is 0. The predicted octanol–water partition coefficient (Wildman–Crippen LogP) is 14.0. The van der Waals surface area contributed by atoms with Gasteiger partial charge >= 0.3 is 0 Å². The van der Waals surface area contributed by atoms with Gasteiger partial charge in [0.05, 0.1) is 20.5 Å². The fourth-order valence-corrected chi connectivity index (χ4v) is 8.63. The first-order chi connectivity index (χ1) is 33.4. The van der Waals surface area contributed by atoms with E-state index in [2.05, 4.69) is 19.3 Å². The number of aromatic nitrogens is 6. The van der Waals surface area contributed by atoms with Crippen LogP contribution in [0.1, 0.15) is 76.0 Å². The molecule has 0 aliphatic heterocycles. The molecule has 3 unspecified atom stereocenters. The van der Waals surface area contributed by atoms with Gasteiger partial charge in [0.2, 0.25) is 0 Å². The highest BCUT2D eigenvalue weighted by atomic mass is 35.5. The number of carbonyl (C=O) groups excluding carboxylic acids is 1. The van der Waals surface area contributed by atoms with Crippen molar-refractivity contribution >= 4 is 121 Å². The third kappa shape index (κ3) is 14.2. The highest BCUT2D eigenvalue weighted by molar-refractivity contribution is 7.85. The van der Waals surface area contributed by atoms with Crippen molar-refractivity contribution in [3.8, 4) is 33.4 Å². The number of rotatable bonds is 7. The average molecular weight is 1110 g/mol. The van der Waals surface area contributed by atoms with Crippen LogP contribution in [0.25, 0.3) is 50.3 Å². The summed E-state index contributed by atoms with van der Waals surface area (Å²) in [7, 11) is -2.53. The number of halogens is 6. The highest BCUT2D eigenvalue weighted by Gasteiger charge is 2.20. The van der Waals surface area contributed by atoms with Crippen molar-refractivity contribution in [3.05, 3.63) is 175 Å². The lowest BCUT2D eigenvalue weighted by Gasteiger charge is -2.15. The van der Waals surface area contributed by atoms with Crippen LogP contribution < -0.4 is 10.9 Å². The monoisotopic (exact) mass is 1110 g/mol. The third-order valence-electron chi connectivity index (χ3n) is 10.4. The van der Waals surface area contributed by atoms with E-state index in [0.29, 0.717) is 35.7 Å². The van der Waals surface area contributed by atoms with Crippen molar-refractivity contribution in [1.82, 2.24) is 28.2 Å². The summed E-state index contributed by atoms with van der Waals surface area (Å²) >= 11 is 36.7. The Kier molecular flexibility index (Phi) is 18.5. The second-order valence-electron chi connectivity index (χ2n) is 17.8. The summed E-state index contributed by atoms with van der Waals surface area (Å²) in [5, 5.41) is 8.45. The van der Waals surface area contributed by atoms with Crippen molar-refractivity contribution in [2.75, 3.05) is 0 Å². The standard InChI is InChI=1S/C18H17Cl2N3OS.C15H13Cl2N3.C14H8Cl2N2O.C4H11NOS/c1-18(2,3)25(24)22-10-12-8-17-21-6-7-23(17)11-15(12)14-5-4-13(19)9-16(14)20;1-9(18)12-7-15-19-4-5-20(15)8-13(12)11-3-2-10(16)6-14(11)17;15-10-1-2-11(13(16)6-10)12-7-18-4-3-17-14(18)5-9(12)8-19;1-4(2,3)7(5)6/h4-11H,1-3H3;2-9H,18H2,1H3;1-8H;5H2,1-3H3. The summed E-state index contributed by atoms with van der Waals surface area (Å²) in [4.78, 5) is 24.0. The number of imidazole rings is 3. The molecule has 0 aliphatic rings. The van der Waals surface area contributed by atoms with Gasteiger partial charge in [-0.05, 0) is 109 Å². The first kappa shape index (κ1) is 55.3. The van der Waals surface area contributed by atoms with E-state index < -0.39 is 26.7 Å². The molecule has 4 N–H and O–H groups in total. The average Bonchev–Trinajstić information content (AvgIpc) is 4.08. The van der Waals surface area contributed by atoms with Crippen LogP contribution in [0.4, 0.5) is 0 Å². The molecule has 12 nitrogen and oxygen atoms in total. The van der Waals surface area contributed by atoms with E-state index in [4.69, 9.17) is 80.5 Å². The molecular formula is C51H49Cl6N9O3S2. The molecular weight excluding hydrogens is 1060 g/mol. The maximum atomic E-state index is 12.3. The Bertz CT molecular complexity index is 3450. The van der Waals surface area contributed by atoms with Crippen molar-refractivity contribution in [1.29, 1.82) is 0 Å². The highest BCUT2D eigenvalue weighted by Crippen LogP contribution is 2.36. The van der Waals surface area contributed by atoms with Crippen LogP contribution in [0, 0.1) is 0 Å². The predicted molar refractivity (Wildman–Crippen MR) is 298 cm³/mol. The van der Waals surface area contributed by atoms with Gasteiger partial charge in [-0.1, -0.05) is 87.8 Å². The number of nitrogens with zero attached hydrogens (tertiary/aromatic N) is 7. The van der Waals surface area contributed by atoms with Crippen LogP contribution in [0.3, 0.4) is 0 Å². The van der Waals surface area contributed by atoms with E-state index in [0.717, 1.165) is 67.7 Å². The number of hydrogen-bond acceptors (Lipinski definition) is 7. The molecule has 20 heteroatoms. The van der Waals surface area contributed by atoms with Crippen molar-refractivity contribution in [3.63, 3.8) is 0 Å². The molecule has 0 radical (unpaired) electrons. The minimum absolute atomic E-state index is 0.113. The first-order valence-corrected chi connectivity index (χ1v) is 26.1. The van der Waals surface area contributed by atoms with Crippen LogP contribution in [0.2, 0.25) is 30.1 Å². The molecule has 0 fully saturated rings. The SMILES string of the molecule is CC(C)(C)S(=O)N=Cc1cc2nccn2cc1-c1ccc(Cl)cc1Cl.CC(C)(C)S(N)=O.CC(N)c1cc2nccn2cc1-c1ccc(Cl)cc1Cl.O=Cc1cc2nccn2cc1-c1ccc(Cl)cc1Cl. The summed E-state index contributed by atoms with van der Waals surface area (Å²) in [6.45, 7) is 13.1. The Morgan fingerprint density at radius 3 is 1.30 bits per heavy atom. The molecule has 9 rings (SSSR count). The minimum Gasteiger partial charge on any atom is -0.324 e. The number of carbonyl (C=O) groups is 1. The molecule has 3 atom stereocenters. The van der Waals surface area contributed by atoms with Gasteiger partial charge in [0.25, 0.3) is 0 Å². The maximum Gasteiger partial charge on any atom is 0.150 e. The molecule has 370 valence electrons. The van der Waals surface area contributed by atoms with E-state index in [9.17, 15) is 13.2 Å². The van der Waals surface area contributed by atoms with Crippen LogP contribution >= 0.6 is 69.6 Å². The van der Waals surface area contributed by atoms with Crippen LogP contribution in [0.15, 0.2) is 133 Å². The molecule has 0 aliphatic carbocycles. The zero-order valence-corrected chi connectivity index (χ0v) is 45.6. The lowest BCUT2D eigenvalue weighted by molar-refractivity contribution is 0.112. The van der Waals surface area contributed by atoms with E-state index in [1.54, 1.807) is 67.3 Å². The topological polar surface area (TPSA) is 168 Å². The van der Waals surface area contributed by atoms with Crippen LogP contribution in [-0.4, -0.2) is 58.6 Å². The van der Waals surface area contributed by atoms with Gasteiger partial charge in [0, 0.05) is 143 Å². The van der Waals surface area contributed by atoms with Gasteiger partial charge in [-0.15, -0.1) is 0 Å². The van der Waals surface area contributed by atoms with Crippen LogP contribution in [0.5, 0.6) is 0 Å². The van der Waals surface area contributed by atoms with Gasteiger partial charge in [-0.3, -0.25) is 9.93 Å². The number of benzene rings is 3. The minimum atomic E-state index is -1.35. The normalized spacial score (nSPS) is 12.9. The second kappa shape index (κ2) is 23.7. The van der Waals surface area contributed by atoms with Gasteiger partial charge < -0.3 is 18.9 Å². The zero-order chi connectivity index (χ0) is 51.9. The molecule has 0 bridgehead atoms. The zero-order valence-electron chi connectivity index (χ0n) is 39.5.